The van der Waals surface area contributed by atoms with Gasteiger partial charge in [-0.05, 0) is 29.9 Å². The number of epoxide rings is 1. The van der Waals surface area contributed by atoms with Crippen molar-refractivity contribution in [1.82, 2.24) is 0 Å². The van der Waals surface area contributed by atoms with Crippen LogP contribution in [0.5, 0.6) is 0 Å². The van der Waals surface area contributed by atoms with E-state index < -0.39 is 23.3 Å². The Morgan fingerprint density at radius 1 is 0.743 bits per heavy atom. The first-order valence-electron chi connectivity index (χ1n) is 11.9. The Balaban J connectivity index is 1.34. The average Bonchev–Trinajstić information content (AvgIpc) is 3.72. The van der Waals surface area contributed by atoms with Crippen molar-refractivity contribution >= 4 is 13.9 Å². The van der Waals surface area contributed by atoms with Gasteiger partial charge in [-0.25, -0.2) is 17.6 Å². The predicted octanol–water partition coefficient (Wildman–Crippen LogP) is 6.51. The van der Waals surface area contributed by atoms with E-state index in [9.17, 15) is 17.6 Å². The number of hydrogen-bond donors (Lipinski definition) is 0. The smallest absolute Gasteiger partial charge is 0.167 e. The van der Waals surface area contributed by atoms with E-state index in [4.69, 9.17) is 9.47 Å². The largest absolute Gasteiger partial charge is 0.374 e. The highest BCUT2D eigenvalue weighted by Crippen LogP contribution is 2.36. The molecule has 0 spiro atoms. The Kier molecular flexibility index (Phi) is 6.81. The third-order valence-corrected chi connectivity index (χ3v) is 6.88. The van der Waals surface area contributed by atoms with Crippen molar-refractivity contribution in [3.8, 4) is 22.3 Å². The molecule has 3 atom stereocenters. The lowest BCUT2D eigenvalue weighted by atomic mass is 9.86. The number of rotatable bonds is 6. The first-order valence-corrected chi connectivity index (χ1v) is 11.9. The lowest BCUT2D eigenvalue weighted by Gasteiger charge is -2.26. The maximum atomic E-state index is 14.9. The fourth-order valence-electron chi connectivity index (χ4n) is 4.52. The summed E-state index contributed by atoms with van der Waals surface area (Å²) in [5, 5.41) is 0. The van der Waals surface area contributed by atoms with E-state index in [1.807, 2.05) is 0 Å². The Morgan fingerprint density at radius 3 is 1.94 bits per heavy atom. The maximum Gasteiger partial charge on any atom is 0.167 e. The van der Waals surface area contributed by atoms with Crippen molar-refractivity contribution in [2.45, 2.75) is 31.4 Å². The van der Waals surface area contributed by atoms with Crippen LogP contribution in [-0.4, -0.2) is 27.2 Å². The molecule has 2 saturated heterocycles. The van der Waals surface area contributed by atoms with Crippen LogP contribution < -0.4 is 0 Å². The molecule has 0 amide bonds. The van der Waals surface area contributed by atoms with E-state index in [1.54, 1.807) is 36.4 Å². The summed E-state index contributed by atoms with van der Waals surface area (Å²) in [6.45, 7) is 1.07. The third kappa shape index (κ3) is 4.93. The zero-order chi connectivity index (χ0) is 24.5. The average molecular weight is 480 g/mol. The second kappa shape index (κ2) is 10.00. The van der Waals surface area contributed by atoms with Gasteiger partial charge in [-0.15, -0.1) is 0 Å². The fourth-order valence-corrected chi connectivity index (χ4v) is 4.52. The molecular formula is C28H25BF4O2. The topological polar surface area (TPSA) is 21.8 Å². The van der Waals surface area contributed by atoms with Gasteiger partial charge in [-0.2, -0.15) is 0 Å². The lowest BCUT2D eigenvalue weighted by Crippen LogP contribution is -2.24. The quantitative estimate of drug-likeness (QED) is 0.228. The molecule has 2 fully saturated rings. The summed E-state index contributed by atoms with van der Waals surface area (Å²) in [6, 6.07) is 12.3. The zero-order valence-corrected chi connectivity index (χ0v) is 19.4. The van der Waals surface area contributed by atoms with Gasteiger partial charge in [0.2, 0.25) is 0 Å². The van der Waals surface area contributed by atoms with Gasteiger partial charge < -0.3 is 9.47 Å². The molecule has 0 aromatic heterocycles. The molecule has 0 saturated carbocycles. The molecule has 2 aliphatic heterocycles. The van der Waals surface area contributed by atoms with E-state index >= 15 is 0 Å². The van der Waals surface area contributed by atoms with Gasteiger partial charge in [0.25, 0.3) is 0 Å². The molecule has 3 aromatic carbocycles. The Morgan fingerprint density at radius 2 is 1.37 bits per heavy atom. The Labute approximate surface area is 203 Å². The molecule has 0 N–H and O–H groups in total. The third-order valence-electron chi connectivity index (χ3n) is 6.88. The number of ether oxygens (including phenoxy) is 2. The van der Waals surface area contributed by atoms with Crippen LogP contribution in [0, 0.1) is 29.2 Å². The standard InChI is InChI=1S/C28H25BF4O2/c29-13-16-1-8-20(34-14-16)9-6-19-7-10-21(26(31)25(19)30)17-2-4-18(5-3-17)22-11-12-23(24-15-35-24)28(33)27(22)32/h2-7,9-12,16,20,24H,1,8,13-15,29H2/b9-6+. The van der Waals surface area contributed by atoms with Crippen LogP contribution in [0.15, 0.2) is 54.6 Å². The van der Waals surface area contributed by atoms with E-state index in [0.29, 0.717) is 30.3 Å². The van der Waals surface area contributed by atoms with Gasteiger partial charge >= 0.3 is 0 Å². The first-order chi connectivity index (χ1) is 17.0. The van der Waals surface area contributed by atoms with Gasteiger partial charge in [0.1, 0.15) is 14.0 Å². The van der Waals surface area contributed by atoms with E-state index in [-0.39, 0.29) is 34.5 Å². The van der Waals surface area contributed by atoms with Crippen molar-refractivity contribution in [2.24, 2.45) is 5.92 Å². The van der Waals surface area contributed by atoms with Crippen LogP contribution in [0.3, 0.4) is 0 Å². The summed E-state index contributed by atoms with van der Waals surface area (Å²) < 4.78 is 69.5. The highest BCUT2D eigenvalue weighted by molar-refractivity contribution is 6.08. The molecule has 0 radical (unpaired) electrons. The van der Waals surface area contributed by atoms with Crippen molar-refractivity contribution in [2.75, 3.05) is 13.2 Å². The van der Waals surface area contributed by atoms with Crippen molar-refractivity contribution in [3.05, 3.63) is 89.0 Å². The SMILES string of the molecule is BCC1CCC(/C=C/c2ccc(-c3ccc(-c4ccc(C5CO5)c(F)c4F)cc3)c(F)c2F)OC1. The van der Waals surface area contributed by atoms with E-state index in [2.05, 4.69) is 7.85 Å². The van der Waals surface area contributed by atoms with Crippen molar-refractivity contribution in [3.63, 3.8) is 0 Å². The highest BCUT2D eigenvalue weighted by Gasteiger charge is 2.30. The predicted molar refractivity (Wildman–Crippen MR) is 131 cm³/mol. The molecule has 3 aromatic rings. The second-order valence-electron chi connectivity index (χ2n) is 9.14. The normalized spacial score (nSPS) is 22.0. The van der Waals surface area contributed by atoms with Gasteiger partial charge in [0.05, 0.1) is 12.7 Å². The molecule has 0 bridgehead atoms. The summed E-state index contributed by atoms with van der Waals surface area (Å²) >= 11 is 0. The molecule has 2 heterocycles. The minimum atomic E-state index is -0.957. The van der Waals surface area contributed by atoms with Crippen molar-refractivity contribution < 1.29 is 27.0 Å². The van der Waals surface area contributed by atoms with E-state index in [0.717, 1.165) is 19.2 Å². The Hall–Kier alpha value is -2.90. The van der Waals surface area contributed by atoms with Gasteiger partial charge in [-0.3, -0.25) is 0 Å². The van der Waals surface area contributed by atoms with Crippen LogP contribution in [0.2, 0.25) is 6.32 Å². The zero-order valence-electron chi connectivity index (χ0n) is 19.4. The summed E-state index contributed by atoms with van der Waals surface area (Å²) in [5.41, 5.74) is 1.42. The molecule has 2 nitrogen and oxygen atoms in total. The summed E-state index contributed by atoms with van der Waals surface area (Å²) in [5.74, 6) is -3.20. The van der Waals surface area contributed by atoms with Crippen LogP contribution in [-0.2, 0) is 9.47 Å². The molecule has 3 unspecified atom stereocenters. The number of halogens is 4. The molecule has 180 valence electrons. The van der Waals surface area contributed by atoms with Crippen molar-refractivity contribution in [1.29, 1.82) is 0 Å². The first kappa shape index (κ1) is 23.8. The van der Waals surface area contributed by atoms with E-state index in [1.165, 1.54) is 24.3 Å². The monoisotopic (exact) mass is 480 g/mol. The lowest BCUT2D eigenvalue weighted by molar-refractivity contribution is 0.0172. The van der Waals surface area contributed by atoms with Gasteiger partial charge in [-0.1, -0.05) is 67.0 Å². The fraction of sp³-hybridized carbons (Fsp3) is 0.286. The summed E-state index contributed by atoms with van der Waals surface area (Å²) in [6.07, 6.45) is 5.87. The molecule has 0 aliphatic carbocycles. The van der Waals surface area contributed by atoms with Gasteiger partial charge in [0.15, 0.2) is 23.3 Å². The minimum Gasteiger partial charge on any atom is -0.374 e. The van der Waals surface area contributed by atoms with Crippen LogP contribution >= 0.6 is 0 Å². The molecule has 7 heteroatoms. The van der Waals surface area contributed by atoms with Crippen LogP contribution in [0.25, 0.3) is 28.3 Å². The number of benzene rings is 3. The highest BCUT2D eigenvalue weighted by atomic mass is 19.2. The minimum absolute atomic E-state index is 0.0939. The van der Waals surface area contributed by atoms with Crippen LogP contribution in [0.1, 0.15) is 30.1 Å². The van der Waals surface area contributed by atoms with Gasteiger partial charge in [0, 0.05) is 28.9 Å². The molecular weight excluding hydrogens is 455 g/mol. The molecule has 35 heavy (non-hydrogen) atoms. The molecule has 2 aliphatic rings. The second-order valence-corrected chi connectivity index (χ2v) is 9.14. The number of hydrogen-bond acceptors (Lipinski definition) is 2. The Bertz CT molecular complexity index is 1250. The van der Waals surface area contributed by atoms with Crippen LogP contribution in [0.4, 0.5) is 17.6 Å². The summed E-state index contributed by atoms with van der Waals surface area (Å²) in [4.78, 5) is 0. The summed E-state index contributed by atoms with van der Waals surface area (Å²) in [7, 11) is 2.14. The maximum absolute atomic E-state index is 14.9. The molecule has 5 rings (SSSR count).